The van der Waals surface area contributed by atoms with Gasteiger partial charge in [0, 0.05) is 61.5 Å². The molecule has 4 aliphatic heterocycles. The molecule has 0 unspecified atom stereocenters. The summed E-state index contributed by atoms with van der Waals surface area (Å²) in [5.41, 5.74) is 7.18. The quantitative estimate of drug-likeness (QED) is 0.0979. The van der Waals surface area contributed by atoms with E-state index in [1.807, 2.05) is 60.2 Å². The molecule has 0 aliphatic carbocycles. The summed E-state index contributed by atoms with van der Waals surface area (Å²) < 4.78 is 29.9. The second-order valence-electron chi connectivity index (χ2n) is 16.5. The lowest BCUT2D eigenvalue weighted by Crippen LogP contribution is -2.39. The molecule has 0 saturated carbocycles. The topological polar surface area (TPSA) is 148 Å². The van der Waals surface area contributed by atoms with Crippen LogP contribution in [0.1, 0.15) is 72.6 Å². The van der Waals surface area contributed by atoms with Crippen molar-refractivity contribution in [3.8, 4) is 17.2 Å². The van der Waals surface area contributed by atoms with Crippen molar-refractivity contribution in [2.75, 3.05) is 89.3 Å². The molecule has 2 saturated heterocycles. The van der Waals surface area contributed by atoms with E-state index in [0.29, 0.717) is 91.5 Å². The van der Waals surface area contributed by atoms with Gasteiger partial charge in [0.15, 0.2) is 11.5 Å². The molecule has 2 fully saturated rings. The number of pyridine rings is 1. The van der Waals surface area contributed by atoms with Crippen LogP contribution in [-0.2, 0) is 22.7 Å². The minimum atomic E-state index is -0.0953. The number of fused-ring (bicyclic) bond motifs is 4. The van der Waals surface area contributed by atoms with Crippen LogP contribution >= 0.6 is 11.8 Å². The Morgan fingerprint density at radius 1 is 0.887 bits per heavy atom. The highest BCUT2D eigenvalue weighted by molar-refractivity contribution is 7.99. The number of amides is 2. The van der Waals surface area contributed by atoms with Crippen molar-refractivity contribution in [3.63, 3.8) is 0 Å². The summed E-state index contributed by atoms with van der Waals surface area (Å²) in [6, 6.07) is 13.2. The van der Waals surface area contributed by atoms with Crippen LogP contribution in [0.3, 0.4) is 0 Å². The minimum Gasteiger partial charge on any atom is -0.493 e. The highest BCUT2D eigenvalue weighted by Gasteiger charge is 2.36. The average molecular weight is 869 g/mol. The second-order valence-corrected chi connectivity index (χ2v) is 18.0. The number of rotatable bonds is 19. The van der Waals surface area contributed by atoms with Gasteiger partial charge in [-0.25, -0.2) is 0 Å². The number of hydrogen-bond donors (Lipinski definition) is 2. The van der Waals surface area contributed by atoms with E-state index in [-0.39, 0.29) is 55.1 Å². The van der Waals surface area contributed by atoms with Gasteiger partial charge in [0.25, 0.3) is 11.8 Å². The molecule has 0 radical (unpaired) electrons. The molecule has 4 aliphatic rings. The van der Waals surface area contributed by atoms with E-state index in [0.717, 1.165) is 30.8 Å². The first-order chi connectivity index (χ1) is 30.0. The van der Waals surface area contributed by atoms with Gasteiger partial charge in [0.1, 0.15) is 19.0 Å². The highest BCUT2D eigenvalue weighted by Crippen LogP contribution is 2.39. The van der Waals surface area contributed by atoms with E-state index in [2.05, 4.69) is 42.5 Å². The summed E-state index contributed by atoms with van der Waals surface area (Å²) in [4.78, 5) is 43.2. The Hall–Kier alpha value is -5.09. The van der Waals surface area contributed by atoms with Gasteiger partial charge < -0.3 is 48.8 Å². The van der Waals surface area contributed by atoms with Crippen LogP contribution < -0.4 is 24.4 Å². The number of aromatic nitrogens is 1. The molecule has 0 spiro atoms. The zero-order valence-electron chi connectivity index (χ0n) is 36.8. The normalized spacial score (nSPS) is 19.5. The van der Waals surface area contributed by atoms with Crippen LogP contribution in [0.4, 0.5) is 17.1 Å². The number of nitrogens with one attached hydrogen (secondary N) is 1. The van der Waals surface area contributed by atoms with E-state index in [1.165, 1.54) is 11.1 Å². The van der Waals surface area contributed by atoms with Crippen LogP contribution in [0.25, 0.3) is 0 Å². The zero-order chi connectivity index (χ0) is 43.8. The van der Waals surface area contributed by atoms with Crippen molar-refractivity contribution in [1.82, 2.24) is 14.8 Å². The Labute approximate surface area is 369 Å². The molecule has 7 rings (SSSR count). The number of carbonyl (C=O) groups excluding carboxylic acids is 2. The number of aliphatic hydroxyl groups is 1. The van der Waals surface area contributed by atoms with Gasteiger partial charge in [0.2, 0.25) is 0 Å². The Morgan fingerprint density at radius 2 is 1.60 bits per heavy atom. The molecule has 0 bridgehead atoms. The Morgan fingerprint density at radius 3 is 2.32 bits per heavy atom. The highest BCUT2D eigenvalue weighted by atomic mass is 32.2. The van der Waals surface area contributed by atoms with E-state index in [9.17, 15) is 9.59 Å². The molecule has 332 valence electrons. The van der Waals surface area contributed by atoms with Gasteiger partial charge in [-0.05, 0) is 77.1 Å². The van der Waals surface area contributed by atoms with Gasteiger partial charge in [0.05, 0.1) is 86.1 Å². The van der Waals surface area contributed by atoms with Gasteiger partial charge >= 0.3 is 0 Å². The molecule has 5 heterocycles. The number of hydrogen-bond acceptors (Lipinski definition) is 13. The van der Waals surface area contributed by atoms with Crippen molar-refractivity contribution in [2.45, 2.75) is 70.6 Å². The lowest BCUT2D eigenvalue weighted by molar-refractivity contribution is 0.0351. The first-order valence-corrected chi connectivity index (χ1v) is 22.6. The summed E-state index contributed by atoms with van der Waals surface area (Å²) in [5.74, 6) is 1.44. The first kappa shape index (κ1) is 44.9. The van der Waals surface area contributed by atoms with Crippen LogP contribution in [0.5, 0.6) is 17.2 Å². The minimum absolute atomic E-state index is 0.0262. The van der Waals surface area contributed by atoms with Crippen LogP contribution in [0.15, 0.2) is 70.8 Å². The number of thioether (sulfide) groups is 1. The fourth-order valence-corrected chi connectivity index (χ4v) is 8.49. The van der Waals surface area contributed by atoms with E-state index in [1.54, 1.807) is 31.0 Å². The predicted molar refractivity (Wildman–Crippen MR) is 244 cm³/mol. The zero-order valence-corrected chi connectivity index (χ0v) is 37.6. The maximum absolute atomic E-state index is 13.7. The molecule has 62 heavy (non-hydrogen) atoms. The molecule has 2 amide bonds. The largest absolute Gasteiger partial charge is 0.493 e. The number of methoxy groups -OCH3 is 1. The van der Waals surface area contributed by atoms with E-state index < -0.39 is 0 Å². The lowest BCUT2D eigenvalue weighted by Gasteiger charge is -2.33. The molecule has 1 aromatic heterocycles. The third-order valence-electron chi connectivity index (χ3n) is 11.8. The lowest BCUT2D eigenvalue weighted by atomic mass is 10.1. The molecule has 14 nitrogen and oxygen atoms in total. The summed E-state index contributed by atoms with van der Waals surface area (Å²) in [6.45, 7) is 13.5. The number of benzene rings is 2. The van der Waals surface area contributed by atoms with Crippen molar-refractivity contribution < 1.29 is 38.4 Å². The van der Waals surface area contributed by atoms with E-state index in [4.69, 9.17) is 38.8 Å². The smallest absolute Gasteiger partial charge is 0.257 e. The summed E-state index contributed by atoms with van der Waals surface area (Å²) in [6.07, 6.45) is 9.79. The van der Waals surface area contributed by atoms with Crippen LogP contribution in [-0.4, -0.2) is 134 Å². The maximum atomic E-state index is 13.7. The molecular weight excluding hydrogens is 809 g/mol. The molecule has 2 aromatic carbocycles. The molecule has 2 atom stereocenters. The number of nitrogens with zero attached hydrogens (tertiary/aromatic N) is 5. The van der Waals surface area contributed by atoms with E-state index >= 15 is 0 Å². The second kappa shape index (κ2) is 20.4. The summed E-state index contributed by atoms with van der Waals surface area (Å²) in [5, 5.41) is 12.6. The Bertz CT molecular complexity index is 2190. The fraction of sp³-hybridized carbons (Fsp3) is 0.489. The number of aliphatic hydroxyl groups excluding tert-OH is 1. The summed E-state index contributed by atoms with van der Waals surface area (Å²) >= 11 is 1.79. The number of anilines is 2. The third-order valence-corrected chi connectivity index (χ3v) is 13.1. The monoisotopic (exact) mass is 868 g/mol. The van der Waals surface area contributed by atoms with Gasteiger partial charge in [-0.15, -0.1) is 0 Å². The maximum Gasteiger partial charge on any atom is 0.257 e. The first-order valence-electron chi connectivity index (χ1n) is 21.4. The number of carbonyl (C=O) groups is 2. The van der Waals surface area contributed by atoms with Crippen molar-refractivity contribution in [1.29, 1.82) is 0 Å². The van der Waals surface area contributed by atoms with Gasteiger partial charge in [-0.2, -0.15) is 11.8 Å². The van der Waals surface area contributed by atoms with Gasteiger partial charge in [-0.3, -0.25) is 19.6 Å². The van der Waals surface area contributed by atoms with Crippen LogP contribution in [0.2, 0.25) is 0 Å². The summed E-state index contributed by atoms with van der Waals surface area (Å²) in [7, 11) is 1.56. The molecule has 2 N–H and O–H groups in total. The molecule has 3 aromatic rings. The van der Waals surface area contributed by atoms with Crippen molar-refractivity contribution >= 4 is 46.9 Å². The number of allylic oxidation sites excluding steroid dienone is 2. The molecular formula is C47H60N6O8S. The van der Waals surface area contributed by atoms with Crippen molar-refractivity contribution in [3.05, 3.63) is 88.3 Å². The van der Waals surface area contributed by atoms with Crippen LogP contribution in [0, 0.1) is 0 Å². The Balaban J connectivity index is 1.14. The number of aliphatic imine (C=N–C) groups is 1. The average Bonchev–Trinajstić information content (AvgIpc) is 3.85. The predicted octanol–water partition coefficient (Wildman–Crippen LogP) is 6.68. The SMILES string of the molecule is C/C=C1/C[C@H]2CNc3cc(OCc4cc(N(CCOCCOCCO)CC(C)(C)SC)cc(COc5cc6c(cc5OC)C(=O)N5C/C(=C/C)C[C@H]5C=N6)n4)ccc3C(=O)N2C1. The molecule has 15 heteroatoms. The van der Waals surface area contributed by atoms with Gasteiger partial charge in [-0.1, -0.05) is 23.3 Å². The fourth-order valence-electron chi connectivity index (χ4n) is 8.20. The third kappa shape index (κ3) is 10.6. The Kier molecular flexibility index (Phi) is 14.8. The van der Waals surface area contributed by atoms with Crippen molar-refractivity contribution in [2.24, 2.45) is 4.99 Å². The standard InChI is InChI=1S/C47H60N6O8S/c1-7-31-17-36-24-48-41-21-38(9-10-39(41)45(55)52(36)26-31)60-28-33-19-35(51(30-47(3,4)62-6)11-13-58-15-16-59-14-12-54)20-34(50-33)29-61-44-23-42-40(22-43(44)57-5)46(56)53-27-32(8-2)18-37(53)25-49-42/h7-10,19-23,25,36-37,48,54H,11-18,24,26-30H2,1-6H3/b31-7-,32-8+/t36-,37-/m0/s1. The number of ether oxygens (including phenoxy) is 5.